The van der Waals surface area contributed by atoms with Crippen LogP contribution in [0.15, 0.2) is 128 Å². The van der Waals surface area contributed by atoms with Crippen LogP contribution in [-0.4, -0.2) is 29.3 Å². The highest BCUT2D eigenvalue weighted by molar-refractivity contribution is 5.92. The van der Waals surface area contributed by atoms with Gasteiger partial charge in [0.15, 0.2) is 11.6 Å². The SMILES string of the molecule is CCC12Cc3ccc(c1c3)N1c3nc(-c4ccccc4C)ncc3N(C)C1C21CCC2N(c3ccccc3)c3ccccc3N2c2ccccc21. The molecule has 11 rings (SSSR count). The summed E-state index contributed by atoms with van der Waals surface area (Å²) in [5.74, 6) is 1.79. The molecule has 0 saturated heterocycles. The molecule has 51 heavy (non-hydrogen) atoms. The normalized spacial score (nSPS) is 24.6. The summed E-state index contributed by atoms with van der Waals surface area (Å²) in [4.78, 5) is 20.9. The summed E-state index contributed by atoms with van der Waals surface area (Å²) in [5.41, 5.74) is 13.8. The molecule has 0 N–H and O–H groups in total. The van der Waals surface area contributed by atoms with Gasteiger partial charge in [-0.3, -0.25) is 0 Å². The highest BCUT2D eigenvalue weighted by Gasteiger charge is 2.68. The average Bonchev–Trinajstić information content (AvgIpc) is 3.76. The highest BCUT2D eigenvalue weighted by Crippen LogP contribution is 2.69. The molecule has 0 saturated carbocycles. The van der Waals surface area contributed by atoms with Crippen LogP contribution in [0.5, 0.6) is 0 Å². The minimum Gasteiger partial charge on any atom is -0.349 e. The number of nitrogens with zero attached hydrogens (tertiary/aromatic N) is 6. The van der Waals surface area contributed by atoms with Gasteiger partial charge in [-0.15, -0.1) is 0 Å². The van der Waals surface area contributed by atoms with Crippen molar-refractivity contribution in [1.29, 1.82) is 0 Å². The predicted molar refractivity (Wildman–Crippen MR) is 207 cm³/mol. The van der Waals surface area contributed by atoms with E-state index in [-0.39, 0.29) is 23.2 Å². The number of likely N-dealkylation sites (N-methyl/N-ethyl adjacent to an activating group) is 1. The zero-order chi connectivity index (χ0) is 34.1. The first kappa shape index (κ1) is 29.1. The van der Waals surface area contributed by atoms with Crippen molar-refractivity contribution in [3.8, 4) is 11.4 Å². The molecule has 6 nitrogen and oxygen atoms in total. The minimum atomic E-state index is -0.263. The van der Waals surface area contributed by atoms with E-state index in [1.54, 1.807) is 0 Å². The number of anilines is 7. The van der Waals surface area contributed by atoms with Gasteiger partial charge in [-0.2, -0.15) is 0 Å². The first-order valence-electron chi connectivity index (χ1n) is 18.5. The molecule has 1 spiro atoms. The van der Waals surface area contributed by atoms with Gasteiger partial charge in [0, 0.05) is 40.5 Å². The van der Waals surface area contributed by atoms with Gasteiger partial charge >= 0.3 is 0 Å². The Morgan fingerprint density at radius 1 is 0.706 bits per heavy atom. The lowest BCUT2D eigenvalue weighted by Crippen LogP contribution is -2.67. The monoisotopic (exact) mass is 664 g/mol. The number of aryl methyl sites for hydroxylation is 1. The third-order valence-corrected chi connectivity index (χ3v) is 13.1. The summed E-state index contributed by atoms with van der Waals surface area (Å²) in [6.45, 7) is 4.59. The molecule has 250 valence electrons. The van der Waals surface area contributed by atoms with Crippen LogP contribution in [0.2, 0.25) is 0 Å². The van der Waals surface area contributed by atoms with Crippen LogP contribution in [0.25, 0.3) is 11.4 Å². The van der Waals surface area contributed by atoms with Crippen LogP contribution < -0.4 is 19.6 Å². The van der Waals surface area contributed by atoms with Gasteiger partial charge in [0.05, 0.1) is 17.6 Å². The molecule has 0 radical (unpaired) electrons. The van der Waals surface area contributed by atoms with Crippen LogP contribution in [0.4, 0.5) is 39.9 Å². The zero-order valence-electron chi connectivity index (χ0n) is 29.3. The third-order valence-electron chi connectivity index (χ3n) is 13.1. The van der Waals surface area contributed by atoms with Gasteiger partial charge in [-0.05, 0) is 91.3 Å². The Labute approximate surface area is 299 Å². The minimum absolute atomic E-state index is 0.0183. The topological polar surface area (TPSA) is 38.7 Å². The summed E-state index contributed by atoms with van der Waals surface area (Å²) in [6, 6.07) is 45.1. The maximum Gasteiger partial charge on any atom is 0.162 e. The van der Waals surface area contributed by atoms with Crippen LogP contribution in [0.1, 0.15) is 48.4 Å². The van der Waals surface area contributed by atoms with Crippen molar-refractivity contribution >= 4 is 39.9 Å². The quantitative estimate of drug-likeness (QED) is 0.188. The lowest BCUT2D eigenvalue weighted by atomic mass is 9.50. The van der Waals surface area contributed by atoms with E-state index in [1.807, 2.05) is 0 Å². The molecule has 5 heterocycles. The zero-order valence-corrected chi connectivity index (χ0v) is 29.3. The fourth-order valence-electron chi connectivity index (χ4n) is 11.0. The summed E-state index contributed by atoms with van der Waals surface area (Å²) < 4.78 is 0. The van der Waals surface area contributed by atoms with Crippen molar-refractivity contribution < 1.29 is 0 Å². The van der Waals surface area contributed by atoms with E-state index in [2.05, 4.69) is 168 Å². The smallest absolute Gasteiger partial charge is 0.162 e. The predicted octanol–water partition coefficient (Wildman–Crippen LogP) is 9.93. The molecule has 0 amide bonds. The largest absolute Gasteiger partial charge is 0.349 e. The van der Waals surface area contributed by atoms with E-state index in [9.17, 15) is 0 Å². The molecule has 4 aliphatic heterocycles. The first-order valence-corrected chi connectivity index (χ1v) is 18.5. The van der Waals surface area contributed by atoms with Gasteiger partial charge in [0.1, 0.15) is 18.0 Å². The van der Waals surface area contributed by atoms with Crippen LogP contribution in [0, 0.1) is 6.92 Å². The fraction of sp³-hybridized carbons (Fsp3) is 0.244. The number of aromatic nitrogens is 2. The van der Waals surface area contributed by atoms with Crippen molar-refractivity contribution in [3.63, 3.8) is 0 Å². The molecule has 4 unspecified atom stereocenters. The van der Waals surface area contributed by atoms with Crippen LogP contribution >= 0.6 is 0 Å². The molecule has 4 atom stereocenters. The molecule has 6 heteroatoms. The van der Waals surface area contributed by atoms with Gasteiger partial charge < -0.3 is 19.6 Å². The Morgan fingerprint density at radius 2 is 1.41 bits per heavy atom. The lowest BCUT2D eigenvalue weighted by molar-refractivity contribution is 0.143. The van der Waals surface area contributed by atoms with E-state index in [0.717, 1.165) is 48.6 Å². The maximum atomic E-state index is 5.46. The fourth-order valence-corrected chi connectivity index (χ4v) is 11.0. The van der Waals surface area contributed by atoms with Gasteiger partial charge in [-0.25, -0.2) is 9.97 Å². The van der Waals surface area contributed by atoms with Crippen molar-refractivity contribution in [2.24, 2.45) is 0 Å². The van der Waals surface area contributed by atoms with E-state index in [4.69, 9.17) is 9.97 Å². The number of fused-ring (bicyclic) bond motifs is 13. The molecule has 5 aliphatic rings. The van der Waals surface area contributed by atoms with Crippen LogP contribution in [-0.2, 0) is 17.3 Å². The van der Waals surface area contributed by atoms with Crippen molar-refractivity contribution in [2.75, 3.05) is 26.6 Å². The molecule has 1 aromatic heterocycles. The second kappa shape index (κ2) is 10.2. The second-order valence-corrected chi connectivity index (χ2v) is 15.1. The summed E-state index contributed by atoms with van der Waals surface area (Å²) in [7, 11) is 2.29. The first-order chi connectivity index (χ1) is 25.1. The average molecular weight is 665 g/mol. The molecule has 1 aliphatic carbocycles. The Hall–Kier alpha value is -5.62. The second-order valence-electron chi connectivity index (χ2n) is 15.1. The highest BCUT2D eigenvalue weighted by atomic mass is 15.5. The molecule has 6 aromatic rings. The summed E-state index contributed by atoms with van der Waals surface area (Å²) in [5, 5.41) is 0. The van der Waals surface area contributed by atoms with E-state index >= 15 is 0 Å². The molecular formula is C45H40N6. The lowest BCUT2D eigenvalue weighted by Gasteiger charge is -2.60. The van der Waals surface area contributed by atoms with Crippen molar-refractivity contribution in [3.05, 3.63) is 150 Å². The number of rotatable bonds is 3. The standard InChI is InChI=1S/C45H40N6/c1-4-44-27-30-22-23-36(34(44)26-30)51-42-39(28-46-41(47-42)32-17-9-8-14-29(32)2)48(3)43(51)45(44)25-24-40-49(31-15-6-5-7-16-31)37-20-12-13-21-38(37)50(40)35-19-11-10-18-33(35)45/h5-23,26,28,40,43H,4,24-25,27H2,1-3H3. The van der Waals surface area contributed by atoms with Gasteiger partial charge in [0.25, 0.3) is 0 Å². The number of para-hydroxylation sites is 4. The molecule has 2 bridgehead atoms. The maximum absolute atomic E-state index is 5.46. The van der Waals surface area contributed by atoms with E-state index < -0.39 is 0 Å². The van der Waals surface area contributed by atoms with Gasteiger partial charge in [0.2, 0.25) is 0 Å². The van der Waals surface area contributed by atoms with Crippen LogP contribution in [0.3, 0.4) is 0 Å². The third kappa shape index (κ3) is 3.52. The summed E-state index contributed by atoms with van der Waals surface area (Å²) in [6.07, 6.45) is 6.36. The van der Waals surface area contributed by atoms with Gasteiger partial charge in [-0.1, -0.05) is 91.9 Å². The van der Waals surface area contributed by atoms with E-state index in [1.165, 1.54) is 50.7 Å². The Kier molecular flexibility index (Phi) is 5.84. The Morgan fingerprint density at radius 3 is 2.22 bits per heavy atom. The van der Waals surface area contributed by atoms with E-state index in [0.29, 0.717) is 0 Å². The molecule has 5 aromatic carbocycles. The Balaban J connectivity index is 1.18. The number of hydrogen-bond donors (Lipinski definition) is 0. The number of hydrogen-bond acceptors (Lipinski definition) is 6. The number of benzene rings is 5. The van der Waals surface area contributed by atoms with Crippen molar-refractivity contribution in [1.82, 2.24) is 9.97 Å². The summed E-state index contributed by atoms with van der Waals surface area (Å²) >= 11 is 0. The molecule has 0 fully saturated rings. The molecular weight excluding hydrogens is 625 g/mol. The van der Waals surface area contributed by atoms with Crippen molar-refractivity contribution in [2.45, 2.75) is 62.7 Å². The Bertz CT molecular complexity index is 2390.